The van der Waals surface area contributed by atoms with Gasteiger partial charge in [-0.1, -0.05) is 69.8 Å². The van der Waals surface area contributed by atoms with E-state index in [1.165, 1.54) is 44.6 Å². The molecule has 0 saturated carbocycles. The van der Waals surface area contributed by atoms with Crippen molar-refractivity contribution < 1.29 is 0 Å². The second-order valence-electron chi connectivity index (χ2n) is 7.43. The van der Waals surface area contributed by atoms with Crippen LogP contribution in [-0.4, -0.2) is 0 Å². The predicted molar refractivity (Wildman–Crippen MR) is 113 cm³/mol. The summed E-state index contributed by atoms with van der Waals surface area (Å²) >= 11 is 0. The molecule has 2 rings (SSSR count). The zero-order chi connectivity index (χ0) is 18.8. The molecule has 0 N–H and O–H groups in total. The summed E-state index contributed by atoms with van der Waals surface area (Å²) in [6.07, 6.45) is 7.43. The Hall–Kier alpha value is -2.08. The van der Waals surface area contributed by atoms with Crippen molar-refractivity contribution in [3.8, 4) is 0 Å². The molecule has 0 nitrogen and oxygen atoms in total. The Morgan fingerprint density at radius 1 is 1.16 bits per heavy atom. The number of hydrogen-bond acceptors (Lipinski definition) is 0. The molecule has 1 aromatic rings. The lowest BCUT2D eigenvalue weighted by Crippen LogP contribution is -2.16. The fraction of sp³-hybridized carbons (Fsp3) is 0.360. The minimum absolute atomic E-state index is 0.0200. The molecule has 0 aromatic heterocycles. The van der Waals surface area contributed by atoms with Crippen LogP contribution in [0, 0.1) is 12.3 Å². The Balaban J connectivity index is 2.75. The number of allylic oxidation sites excluding steroid dienone is 9. The first-order chi connectivity index (χ1) is 11.8. The van der Waals surface area contributed by atoms with Crippen LogP contribution < -0.4 is 0 Å². The number of benzene rings is 1. The van der Waals surface area contributed by atoms with Crippen LogP contribution in [0.4, 0.5) is 0 Å². The molecule has 0 atom stereocenters. The lowest BCUT2D eigenvalue weighted by atomic mass is 9.75. The van der Waals surface area contributed by atoms with Crippen LogP contribution in [-0.2, 0) is 0 Å². The lowest BCUT2D eigenvalue weighted by Gasteiger charge is -2.29. The third kappa shape index (κ3) is 3.23. The van der Waals surface area contributed by atoms with E-state index in [1.54, 1.807) is 0 Å². The van der Waals surface area contributed by atoms with Crippen molar-refractivity contribution in [3.05, 3.63) is 88.1 Å². The topological polar surface area (TPSA) is 0 Å². The highest BCUT2D eigenvalue weighted by atomic mass is 14.4. The Morgan fingerprint density at radius 2 is 1.80 bits per heavy atom. The van der Waals surface area contributed by atoms with E-state index in [4.69, 9.17) is 0 Å². The molecule has 0 bridgehead atoms. The molecule has 1 aliphatic rings. The molecule has 0 amide bonds. The standard InChI is InChI=1S/C25H32/c1-9-14-22-19(6)24(25(7,8)23(22)11-3)18(5)20(10-2)21-16-13-12-15-17(21)4/h9,11-16H,3,10H2,1-2,4-8H3/b14-9-,20-18+. The van der Waals surface area contributed by atoms with Crippen LogP contribution >= 0.6 is 0 Å². The molecular formula is C25H32. The second-order valence-corrected chi connectivity index (χ2v) is 7.43. The van der Waals surface area contributed by atoms with E-state index in [2.05, 4.69) is 91.5 Å². The molecule has 132 valence electrons. The van der Waals surface area contributed by atoms with E-state index in [1.807, 2.05) is 6.08 Å². The van der Waals surface area contributed by atoms with E-state index in [-0.39, 0.29) is 5.41 Å². The van der Waals surface area contributed by atoms with Crippen molar-refractivity contribution >= 4 is 5.57 Å². The maximum Gasteiger partial charge on any atom is 0.0157 e. The molecule has 0 heterocycles. The van der Waals surface area contributed by atoms with E-state index in [9.17, 15) is 0 Å². The van der Waals surface area contributed by atoms with Gasteiger partial charge in [-0.25, -0.2) is 0 Å². The number of aryl methyl sites for hydroxylation is 1. The third-order valence-corrected chi connectivity index (χ3v) is 5.56. The summed E-state index contributed by atoms with van der Waals surface area (Å²) in [7, 11) is 0. The first kappa shape index (κ1) is 19.2. The summed E-state index contributed by atoms with van der Waals surface area (Å²) in [6, 6.07) is 8.72. The van der Waals surface area contributed by atoms with Gasteiger partial charge in [-0.15, -0.1) is 0 Å². The SMILES string of the molecule is C=CC1=C(/C=C\C)C(C)=C(/C(C)=C(\CC)c2ccccc2C)C1(C)C. The van der Waals surface area contributed by atoms with Gasteiger partial charge in [0.1, 0.15) is 0 Å². The summed E-state index contributed by atoms with van der Waals surface area (Å²) in [6.45, 7) is 19.9. The van der Waals surface area contributed by atoms with Gasteiger partial charge in [0.15, 0.2) is 0 Å². The fourth-order valence-electron chi connectivity index (χ4n) is 4.49. The molecule has 0 radical (unpaired) electrons. The minimum atomic E-state index is -0.0200. The molecule has 1 aromatic carbocycles. The van der Waals surface area contributed by atoms with Gasteiger partial charge in [0.05, 0.1) is 0 Å². The quantitative estimate of drug-likeness (QED) is 0.521. The van der Waals surface area contributed by atoms with Gasteiger partial charge >= 0.3 is 0 Å². The maximum absolute atomic E-state index is 4.10. The van der Waals surface area contributed by atoms with Crippen LogP contribution in [0.25, 0.3) is 5.57 Å². The largest absolute Gasteiger partial charge is 0.0987 e. The lowest BCUT2D eigenvalue weighted by molar-refractivity contribution is 0.568. The summed E-state index contributed by atoms with van der Waals surface area (Å²) < 4.78 is 0. The average Bonchev–Trinajstić information content (AvgIpc) is 2.75. The maximum atomic E-state index is 4.10. The molecule has 0 spiro atoms. The highest BCUT2D eigenvalue weighted by molar-refractivity contribution is 5.77. The van der Waals surface area contributed by atoms with Crippen LogP contribution in [0.2, 0.25) is 0 Å². The van der Waals surface area contributed by atoms with Gasteiger partial charge in [0.25, 0.3) is 0 Å². The molecule has 25 heavy (non-hydrogen) atoms. The predicted octanol–water partition coefficient (Wildman–Crippen LogP) is 7.59. The van der Waals surface area contributed by atoms with Gasteiger partial charge in [0.2, 0.25) is 0 Å². The fourth-order valence-corrected chi connectivity index (χ4v) is 4.49. The van der Waals surface area contributed by atoms with E-state index >= 15 is 0 Å². The smallest absolute Gasteiger partial charge is 0.0157 e. The highest BCUT2D eigenvalue weighted by Crippen LogP contribution is 2.51. The molecule has 1 aliphatic carbocycles. The van der Waals surface area contributed by atoms with Gasteiger partial charge in [-0.2, -0.15) is 0 Å². The van der Waals surface area contributed by atoms with Crippen molar-refractivity contribution in [2.75, 3.05) is 0 Å². The molecule has 0 unspecified atom stereocenters. The van der Waals surface area contributed by atoms with E-state index < -0.39 is 0 Å². The highest BCUT2D eigenvalue weighted by Gasteiger charge is 2.37. The zero-order valence-corrected chi connectivity index (χ0v) is 17.0. The summed E-state index contributed by atoms with van der Waals surface area (Å²) in [5, 5.41) is 0. The molecular weight excluding hydrogens is 300 g/mol. The van der Waals surface area contributed by atoms with Gasteiger partial charge in [-0.05, 0) is 78.7 Å². The summed E-state index contributed by atoms with van der Waals surface area (Å²) in [4.78, 5) is 0. The van der Waals surface area contributed by atoms with E-state index in [0.29, 0.717) is 0 Å². The first-order valence-corrected chi connectivity index (χ1v) is 9.28. The van der Waals surface area contributed by atoms with Crippen LogP contribution in [0.5, 0.6) is 0 Å². The van der Waals surface area contributed by atoms with E-state index in [0.717, 1.165) is 6.42 Å². The number of hydrogen-bond donors (Lipinski definition) is 0. The van der Waals surface area contributed by atoms with Crippen LogP contribution in [0.3, 0.4) is 0 Å². The normalized spacial score (nSPS) is 18.2. The van der Waals surface area contributed by atoms with Gasteiger partial charge in [-0.3, -0.25) is 0 Å². The van der Waals surface area contributed by atoms with Crippen LogP contribution in [0.15, 0.2) is 76.9 Å². The van der Waals surface area contributed by atoms with Crippen molar-refractivity contribution in [3.63, 3.8) is 0 Å². The van der Waals surface area contributed by atoms with Crippen molar-refractivity contribution in [1.29, 1.82) is 0 Å². The number of rotatable bonds is 5. The van der Waals surface area contributed by atoms with Crippen LogP contribution in [0.1, 0.15) is 59.1 Å². The third-order valence-electron chi connectivity index (χ3n) is 5.56. The molecule has 0 fully saturated rings. The van der Waals surface area contributed by atoms with Crippen molar-refractivity contribution in [1.82, 2.24) is 0 Å². The Morgan fingerprint density at radius 3 is 2.32 bits per heavy atom. The van der Waals surface area contributed by atoms with Gasteiger partial charge < -0.3 is 0 Å². The molecule has 0 saturated heterocycles. The Labute approximate surface area is 154 Å². The average molecular weight is 333 g/mol. The summed E-state index contributed by atoms with van der Waals surface area (Å²) in [5.74, 6) is 0. The molecule has 0 aliphatic heterocycles. The molecule has 0 heteroatoms. The summed E-state index contributed by atoms with van der Waals surface area (Å²) in [5.41, 5.74) is 11.1. The Bertz CT molecular complexity index is 804. The van der Waals surface area contributed by atoms with Crippen molar-refractivity contribution in [2.24, 2.45) is 5.41 Å². The first-order valence-electron chi connectivity index (χ1n) is 9.28. The zero-order valence-electron chi connectivity index (χ0n) is 17.0. The second kappa shape index (κ2) is 7.44. The monoisotopic (exact) mass is 332 g/mol. The Kier molecular flexibility index (Phi) is 5.72. The minimum Gasteiger partial charge on any atom is -0.0987 e. The van der Waals surface area contributed by atoms with Gasteiger partial charge in [0, 0.05) is 5.41 Å². The van der Waals surface area contributed by atoms with Crippen molar-refractivity contribution in [2.45, 2.75) is 54.9 Å².